The maximum absolute atomic E-state index is 12.2. The third kappa shape index (κ3) is 4.01. The molecule has 152 valence electrons. The summed E-state index contributed by atoms with van der Waals surface area (Å²) < 4.78 is 10.7. The Morgan fingerprint density at radius 1 is 1.03 bits per heavy atom. The van der Waals surface area contributed by atoms with E-state index in [1.165, 1.54) is 22.3 Å². The molecule has 1 aliphatic rings. The molecule has 4 rings (SSSR count). The zero-order valence-corrected chi connectivity index (χ0v) is 16.8. The summed E-state index contributed by atoms with van der Waals surface area (Å²) in [6.07, 6.45) is 3.30. The number of hydrogen-bond acceptors (Lipinski definition) is 4. The highest BCUT2D eigenvalue weighted by Crippen LogP contribution is 2.44. The average molecular weight is 400 g/mol. The van der Waals surface area contributed by atoms with Crippen molar-refractivity contribution in [1.29, 1.82) is 0 Å². The zero-order chi connectivity index (χ0) is 20.9. The van der Waals surface area contributed by atoms with Crippen molar-refractivity contribution in [2.45, 2.75) is 5.92 Å². The number of fused-ring (bicyclic) bond motifs is 3. The minimum absolute atomic E-state index is 0.0565. The standard InChI is InChI=1S/C25H24N2O3/c1-29-24-13-12-17(15-23(24)26)7-6-14-27-25(28)30-16-22-20-10-4-2-8-18(20)19-9-3-5-11-21(19)22/h2-13,15,22H,14,16,26H2,1H3,(H,27,28). The van der Waals surface area contributed by atoms with E-state index in [1.807, 2.05) is 54.6 Å². The lowest BCUT2D eigenvalue weighted by molar-refractivity contribution is 0.144. The summed E-state index contributed by atoms with van der Waals surface area (Å²) in [5.41, 5.74) is 12.2. The molecule has 0 bridgehead atoms. The lowest BCUT2D eigenvalue weighted by atomic mass is 9.98. The topological polar surface area (TPSA) is 73.6 Å². The number of alkyl carbamates (subject to hydrolysis) is 1. The van der Waals surface area contributed by atoms with E-state index in [0.29, 0.717) is 24.6 Å². The molecule has 0 saturated heterocycles. The fraction of sp³-hybridized carbons (Fsp3) is 0.160. The molecule has 3 aromatic carbocycles. The number of methoxy groups -OCH3 is 1. The molecule has 3 aromatic rings. The zero-order valence-electron chi connectivity index (χ0n) is 16.8. The van der Waals surface area contributed by atoms with Gasteiger partial charge >= 0.3 is 6.09 Å². The average Bonchev–Trinajstić information content (AvgIpc) is 3.09. The first kappa shape index (κ1) is 19.6. The van der Waals surface area contributed by atoms with Crippen molar-refractivity contribution in [2.75, 3.05) is 26.0 Å². The molecule has 5 heteroatoms. The first-order chi connectivity index (χ1) is 14.7. The molecule has 0 fully saturated rings. The number of benzene rings is 3. The molecular weight excluding hydrogens is 376 g/mol. The number of amides is 1. The summed E-state index contributed by atoms with van der Waals surface area (Å²) in [6, 6.07) is 22.1. The number of rotatable bonds is 6. The molecule has 0 unspecified atom stereocenters. The predicted octanol–water partition coefficient (Wildman–Crippen LogP) is 4.83. The second-order valence-electron chi connectivity index (χ2n) is 7.11. The van der Waals surface area contributed by atoms with Crippen LogP contribution in [0.4, 0.5) is 10.5 Å². The van der Waals surface area contributed by atoms with E-state index >= 15 is 0 Å². The molecule has 0 saturated carbocycles. The van der Waals surface area contributed by atoms with Gasteiger partial charge in [-0.3, -0.25) is 0 Å². The highest BCUT2D eigenvalue weighted by atomic mass is 16.5. The second-order valence-corrected chi connectivity index (χ2v) is 7.11. The van der Waals surface area contributed by atoms with Gasteiger partial charge in [0.05, 0.1) is 12.8 Å². The fourth-order valence-electron chi connectivity index (χ4n) is 3.84. The van der Waals surface area contributed by atoms with Gasteiger partial charge in [-0.2, -0.15) is 0 Å². The summed E-state index contributed by atoms with van der Waals surface area (Å²) in [5, 5.41) is 2.76. The Morgan fingerprint density at radius 2 is 1.70 bits per heavy atom. The highest BCUT2D eigenvalue weighted by molar-refractivity contribution is 5.79. The van der Waals surface area contributed by atoms with Crippen molar-refractivity contribution < 1.29 is 14.3 Å². The summed E-state index contributed by atoms with van der Waals surface area (Å²) in [7, 11) is 1.58. The van der Waals surface area contributed by atoms with Gasteiger partial charge in [-0.25, -0.2) is 4.79 Å². The van der Waals surface area contributed by atoms with Crippen LogP contribution in [0.5, 0.6) is 5.75 Å². The van der Waals surface area contributed by atoms with Gasteiger partial charge < -0.3 is 20.5 Å². The van der Waals surface area contributed by atoms with Crippen molar-refractivity contribution in [3.8, 4) is 16.9 Å². The maximum Gasteiger partial charge on any atom is 0.407 e. The smallest absolute Gasteiger partial charge is 0.407 e. The monoisotopic (exact) mass is 400 g/mol. The van der Waals surface area contributed by atoms with E-state index in [4.69, 9.17) is 15.2 Å². The van der Waals surface area contributed by atoms with Crippen LogP contribution in [0.2, 0.25) is 0 Å². The molecular formula is C25H24N2O3. The van der Waals surface area contributed by atoms with Gasteiger partial charge in [-0.05, 0) is 39.9 Å². The van der Waals surface area contributed by atoms with E-state index in [0.717, 1.165) is 5.56 Å². The van der Waals surface area contributed by atoms with Crippen molar-refractivity contribution in [1.82, 2.24) is 5.32 Å². The number of nitrogen functional groups attached to an aromatic ring is 1. The molecule has 1 amide bonds. The Kier molecular flexibility index (Phi) is 5.70. The maximum atomic E-state index is 12.2. The van der Waals surface area contributed by atoms with Crippen molar-refractivity contribution in [2.24, 2.45) is 0 Å². The van der Waals surface area contributed by atoms with Crippen LogP contribution in [0.25, 0.3) is 17.2 Å². The van der Waals surface area contributed by atoms with Crippen LogP contribution in [0, 0.1) is 0 Å². The van der Waals surface area contributed by atoms with Crippen LogP contribution in [0.1, 0.15) is 22.6 Å². The molecule has 30 heavy (non-hydrogen) atoms. The van der Waals surface area contributed by atoms with Gasteiger partial charge in [0.25, 0.3) is 0 Å². The van der Waals surface area contributed by atoms with Crippen LogP contribution in [0.3, 0.4) is 0 Å². The van der Waals surface area contributed by atoms with Crippen molar-refractivity contribution in [3.05, 3.63) is 89.5 Å². The van der Waals surface area contributed by atoms with Gasteiger partial charge in [0, 0.05) is 12.5 Å². The lowest BCUT2D eigenvalue weighted by Crippen LogP contribution is -2.26. The van der Waals surface area contributed by atoms with Gasteiger partial charge in [-0.1, -0.05) is 66.7 Å². The van der Waals surface area contributed by atoms with Crippen molar-refractivity contribution >= 4 is 17.9 Å². The number of hydrogen-bond donors (Lipinski definition) is 2. The third-order valence-electron chi connectivity index (χ3n) is 5.27. The number of nitrogens with two attached hydrogens (primary N) is 1. The van der Waals surface area contributed by atoms with Gasteiger partial charge in [0.1, 0.15) is 12.4 Å². The third-order valence-corrected chi connectivity index (χ3v) is 5.27. The van der Waals surface area contributed by atoms with Gasteiger partial charge in [-0.15, -0.1) is 0 Å². The molecule has 1 aliphatic carbocycles. The Hall–Kier alpha value is -3.73. The number of carbonyl (C=O) groups is 1. The van der Waals surface area contributed by atoms with E-state index in [9.17, 15) is 4.79 Å². The molecule has 3 N–H and O–H groups in total. The molecule has 0 spiro atoms. The first-order valence-corrected chi connectivity index (χ1v) is 9.86. The Balaban J connectivity index is 1.32. The van der Waals surface area contributed by atoms with E-state index in [2.05, 4.69) is 29.6 Å². The van der Waals surface area contributed by atoms with Crippen LogP contribution in [-0.2, 0) is 4.74 Å². The Bertz CT molecular complexity index is 1050. The van der Waals surface area contributed by atoms with E-state index in [-0.39, 0.29) is 5.92 Å². The summed E-state index contributed by atoms with van der Waals surface area (Å²) in [5.74, 6) is 0.699. The molecule has 0 aromatic heterocycles. The first-order valence-electron chi connectivity index (χ1n) is 9.86. The van der Waals surface area contributed by atoms with E-state index < -0.39 is 6.09 Å². The predicted molar refractivity (Wildman–Crippen MR) is 120 cm³/mol. The number of nitrogens with one attached hydrogen (secondary N) is 1. The molecule has 0 aliphatic heterocycles. The van der Waals surface area contributed by atoms with Crippen LogP contribution in [0.15, 0.2) is 72.8 Å². The van der Waals surface area contributed by atoms with Crippen LogP contribution >= 0.6 is 0 Å². The number of carbonyl (C=O) groups excluding carboxylic acids is 1. The molecule has 0 atom stereocenters. The fourth-order valence-corrected chi connectivity index (χ4v) is 3.84. The summed E-state index contributed by atoms with van der Waals surface area (Å²) >= 11 is 0. The van der Waals surface area contributed by atoms with Gasteiger partial charge in [0.15, 0.2) is 0 Å². The Morgan fingerprint density at radius 3 is 2.33 bits per heavy atom. The number of anilines is 1. The molecule has 5 nitrogen and oxygen atoms in total. The van der Waals surface area contributed by atoms with E-state index in [1.54, 1.807) is 7.11 Å². The largest absolute Gasteiger partial charge is 0.495 e. The summed E-state index contributed by atoms with van der Waals surface area (Å²) in [4.78, 5) is 12.2. The second kappa shape index (κ2) is 8.74. The lowest BCUT2D eigenvalue weighted by Gasteiger charge is -2.14. The SMILES string of the molecule is COc1ccc(C=CCNC(=O)OCC2c3ccccc3-c3ccccc32)cc1N. The van der Waals surface area contributed by atoms with Crippen LogP contribution in [-0.4, -0.2) is 26.4 Å². The highest BCUT2D eigenvalue weighted by Gasteiger charge is 2.28. The quantitative estimate of drug-likeness (QED) is 0.581. The summed E-state index contributed by atoms with van der Waals surface area (Å²) in [6.45, 7) is 0.668. The molecule has 0 heterocycles. The molecule has 0 radical (unpaired) electrons. The minimum atomic E-state index is -0.434. The van der Waals surface area contributed by atoms with Gasteiger partial charge in [0.2, 0.25) is 0 Å². The van der Waals surface area contributed by atoms with Crippen molar-refractivity contribution in [3.63, 3.8) is 0 Å². The minimum Gasteiger partial charge on any atom is -0.495 e. The Labute approximate surface area is 176 Å². The number of ether oxygens (including phenoxy) is 2. The van der Waals surface area contributed by atoms with Crippen LogP contribution < -0.4 is 15.8 Å². The normalized spacial score (nSPS) is 12.4.